The maximum absolute atomic E-state index is 5.66. The molecule has 0 unspecified atom stereocenters. The summed E-state index contributed by atoms with van der Waals surface area (Å²) in [6.07, 6.45) is 3.81. The van der Waals surface area contributed by atoms with Crippen molar-refractivity contribution in [3.63, 3.8) is 0 Å². The minimum atomic E-state index is 0.213. The Morgan fingerprint density at radius 3 is 2.96 bits per heavy atom. The minimum absolute atomic E-state index is 0.213. The van der Waals surface area contributed by atoms with Crippen LogP contribution in [0.25, 0.3) is 5.65 Å². The molecule has 1 N–H and O–H groups in total. The Morgan fingerprint density at radius 2 is 2.04 bits per heavy atom. The van der Waals surface area contributed by atoms with Crippen LogP contribution in [0.4, 0.5) is 0 Å². The van der Waals surface area contributed by atoms with E-state index < -0.39 is 0 Å². The molecule has 0 aliphatic carbocycles. The molecule has 0 fully saturated rings. The summed E-state index contributed by atoms with van der Waals surface area (Å²) in [6.45, 7) is 4.15. The van der Waals surface area contributed by atoms with E-state index in [1.54, 1.807) is 0 Å². The molecule has 5 heteroatoms. The van der Waals surface area contributed by atoms with E-state index in [-0.39, 0.29) is 6.04 Å². The number of nitrogens with zero attached hydrogens (tertiary/aromatic N) is 2. The predicted octanol–water partition coefficient (Wildman–Crippen LogP) is 2.96. The Labute approximate surface area is 134 Å². The van der Waals surface area contributed by atoms with Crippen LogP contribution in [-0.4, -0.2) is 22.6 Å². The second-order valence-corrected chi connectivity index (χ2v) is 5.68. The molecule has 1 aromatic carbocycles. The number of imidazole rings is 1. The van der Waals surface area contributed by atoms with Gasteiger partial charge in [0, 0.05) is 30.7 Å². The SMILES string of the molecule is C[C@@H](NCc1cccc2nccn12)c1ccc2c(c1)OCCO2. The van der Waals surface area contributed by atoms with E-state index >= 15 is 0 Å². The lowest BCUT2D eigenvalue weighted by molar-refractivity contribution is 0.171. The summed E-state index contributed by atoms with van der Waals surface area (Å²) in [6, 6.07) is 12.5. The van der Waals surface area contributed by atoms with Gasteiger partial charge >= 0.3 is 0 Å². The van der Waals surface area contributed by atoms with Gasteiger partial charge in [0.05, 0.1) is 0 Å². The van der Waals surface area contributed by atoms with Gasteiger partial charge < -0.3 is 19.2 Å². The molecule has 3 heterocycles. The number of hydrogen-bond acceptors (Lipinski definition) is 4. The van der Waals surface area contributed by atoms with Crippen LogP contribution in [0.3, 0.4) is 0 Å². The van der Waals surface area contributed by atoms with Gasteiger partial charge in [0.15, 0.2) is 11.5 Å². The summed E-state index contributed by atoms with van der Waals surface area (Å²) >= 11 is 0. The third-order valence-corrected chi connectivity index (χ3v) is 4.17. The van der Waals surface area contributed by atoms with Crippen molar-refractivity contribution < 1.29 is 9.47 Å². The molecule has 0 amide bonds. The first-order valence-electron chi connectivity index (χ1n) is 7.85. The number of pyridine rings is 1. The maximum Gasteiger partial charge on any atom is 0.161 e. The summed E-state index contributed by atoms with van der Waals surface area (Å²) < 4.78 is 13.3. The van der Waals surface area contributed by atoms with Crippen molar-refractivity contribution in [3.8, 4) is 11.5 Å². The van der Waals surface area contributed by atoms with Gasteiger partial charge in [-0.2, -0.15) is 0 Å². The lowest BCUT2D eigenvalue weighted by Gasteiger charge is -2.21. The normalized spacial score (nSPS) is 14.8. The van der Waals surface area contributed by atoms with E-state index in [4.69, 9.17) is 9.47 Å². The van der Waals surface area contributed by atoms with Crippen molar-refractivity contribution in [2.75, 3.05) is 13.2 Å². The summed E-state index contributed by atoms with van der Waals surface area (Å²) in [5.74, 6) is 1.66. The first-order chi connectivity index (χ1) is 11.3. The largest absolute Gasteiger partial charge is 0.486 e. The van der Waals surface area contributed by atoms with Crippen molar-refractivity contribution in [2.24, 2.45) is 0 Å². The summed E-state index contributed by atoms with van der Waals surface area (Å²) in [4.78, 5) is 4.32. The van der Waals surface area contributed by atoms with Crippen LogP contribution in [0.15, 0.2) is 48.8 Å². The minimum Gasteiger partial charge on any atom is -0.486 e. The molecule has 4 rings (SSSR count). The van der Waals surface area contributed by atoms with Gasteiger partial charge in [-0.25, -0.2) is 4.98 Å². The van der Waals surface area contributed by atoms with E-state index in [9.17, 15) is 0 Å². The van der Waals surface area contributed by atoms with Crippen molar-refractivity contribution in [2.45, 2.75) is 19.5 Å². The van der Waals surface area contributed by atoms with Crippen LogP contribution in [-0.2, 0) is 6.54 Å². The van der Waals surface area contributed by atoms with Crippen molar-refractivity contribution >= 4 is 5.65 Å². The standard InChI is InChI=1S/C18H19N3O2/c1-13(14-5-6-16-17(11-14)23-10-9-22-16)20-12-15-3-2-4-18-19-7-8-21(15)18/h2-8,11,13,20H,9-10,12H2,1H3/t13-/m1/s1. The predicted molar refractivity (Wildman–Crippen MR) is 87.9 cm³/mol. The molecule has 3 aromatic rings. The molecule has 1 atom stereocenters. The number of aromatic nitrogens is 2. The second-order valence-electron chi connectivity index (χ2n) is 5.68. The van der Waals surface area contributed by atoms with E-state index in [1.807, 2.05) is 30.6 Å². The Balaban J connectivity index is 1.49. The van der Waals surface area contributed by atoms with Gasteiger partial charge in [-0.3, -0.25) is 0 Å². The molecular weight excluding hydrogens is 290 g/mol. The summed E-state index contributed by atoms with van der Waals surface area (Å²) in [5.41, 5.74) is 3.34. The number of nitrogens with one attached hydrogen (secondary N) is 1. The smallest absolute Gasteiger partial charge is 0.161 e. The van der Waals surface area contributed by atoms with Crippen molar-refractivity contribution in [3.05, 3.63) is 60.0 Å². The van der Waals surface area contributed by atoms with Crippen LogP contribution < -0.4 is 14.8 Å². The highest BCUT2D eigenvalue weighted by Crippen LogP contribution is 2.32. The Bertz CT molecular complexity index is 828. The average Bonchev–Trinajstić information content (AvgIpc) is 3.08. The molecule has 0 spiro atoms. The molecule has 0 saturated carbocycles. The lowest BCUT2D eigenvalue weighted by Crippen LogP contribution is -2.20. The fourth-order valence-electron chi connectivity index (χ4n) is 2.86. The van der Waals surface area contributed by atoms with Crippen LogP contribution >= 0.6 is 0 Å². The first kappa shape index (κ1) is 14.1. The highest BCUT2D eigenvalue weighted by molar-refractivity contribution is 5.44. The molecule has 0 saturated heterocycles. The van der Waals surface area contributed by atoms with Gasteiger partial charge in [0.2, 0.25) is 0 Å². The number of ether oxygens (including phenoxy) is 2. The van der Waals surface area contributed by atoms with Gasteiger partial charge in [-0.1, -0.05) is 12.1 Å². The van der Waals surface area contributed by atoms with Gasteiger partial charge in [0.1, 0.15) is 18.9 Å². The maximum atomic E-state index is 5.66. The summed E-state index contributed by atoms with van der Waals surface area (Å²) in [5, 5.41) is 3.56. The molecule has 0 radical (unpaired) electrons. The monoisotopic (exact) mass is 309 g/mol. The fourth-order valence-corrected chi connectivity index (χ4v) is 2.86. The third-order valence-electron chi connectivity index (χ3n) is 4.17. The number of benzene rings is 1. The number of hydrogen-bond donors (Lipinski definition) is 1. The molecular formula is C18H19N3O2. The van der Waals surface area contributed by atoms with Crippen molar-refractivity contribution in [1.82, 2.24) is 14.7 Å². The Kier molecular flexibility index (Phi) is 3.63. The van der Waals surface area contributed by atoms with E-state index in [0.29, 0.717) is 13.2 Å². The molecule has 23 heavy (non-hydrogen) atoms. The van der Waals surface area contributed by atoms with Crippen molar-refractivity contribution in [1.29, 1.82) is 0 Å². The number of rotatable bonds is 4. The van der Waals surface area contributed by atoms with Crippen LogP contribution in [0.5, 0.6) is 11.5 Å². The zero-order valence-electron chi connectivity index (χ0n) is 13.0. The van der Waals surface area contributed by atoms with E-state index in [0.717, 1.165) is 23.7 Å². The molecule has 2 aromatic heterocycles. The third kappa shape index (κ3) is 2.75. The molecule has 1 aliphatic rings. The highest BCUT2D eigenvalue weighted by Gasteiger charge is 2.14. The van der Waals surface area contributed by atoms with E-state index in [2.05, 4.69) is 39.8 Å². The van der Waals surface area contributed by atoms with Crippen LogP contribution in [0, 0.1) is 0 Å². The van der Waals surface area contributed by atoms with Crippen LogP contribution in [0.2, 0.25) is 0 Å². The molecule has 1 aliphatic heterocycles. The zero-order valence-corrected chi connectivity index (χ0v) is 13.0. The first-order valence-corrected chi connectivity index (χ1v) is 7.85. The quantitative estimate of drug-likeness (QED) is 0.805. The zero-order chi connectivity index (χ0) is 15.6. The Morgan fingerprint density at radius 1 is 1.17 bits per heavy atom. The number of fused-ring (bicyclic) bond motifs is 2. The molecule has 118 valence electrons. The van der Waals surface area contributed by atoms with Gasteiger partial charge in [-0.15, -0.1) is 0 Å². The summed E-state index contributed by atoms with van der Waals surface area (Å²) in [7, 11) is 0. The molecule has 0 bridgehead atoms. The second kappa shape index (κ2) is 5.93. The van der Waals surface area contributed by atoms with E-state index in [1.165, 1.54) is 11.3 Å². The lowest BCUT2D eigenvalue weighted by atomic mass is 10.1. The van der Waals surface area contributed by atoms with Gasteiger partial charge in [-0.05, 0) is 36.8 Å². The average molecular weight is 309 g/mol. The highest BCUT2D eigenvalue weighted by atomic mass is 16.6. The van der Waals surface area contributed by atoms with Gasteiger partial charge in [0.25, 0.3) is 0 Å². The molecule has 5 nitrogen and oxygen atoms in total. The topological polar surface area (TPSA) is 47.8 Å². The van der Waals surface area contributed by atoms with Crippen LogP contribution in [0.1, 0.15) is 24.2 Å². The Hall–Kier alpha value is -2.53. The fraction of sp³-hybridized carbons (Fsp3) is 0.278.